The van der Waals surface area contributed by atoms with Crippen LogP contribution in [0.5, 0.6) is 0 Å². The highest BCUT2D eigenvalue weighted by atomic mass is 16.4. The Kier molecular flexibility index (Phi) is 14.9. The molecule has 0 spiro atoms. The van der Waals surface area contributed by atoms with Gasteiger partial charge in [-0.1, -0.05) is 52.4 Å². The second-order valence-electron chi connectivity index (χ2n) is 6.72. The van der Waals surface area contributed by atoms with Crippen LogP contribution in [-0.2, 0) is 0 Å². The van der Waals surface area contributed by atoms with Crippen LogP contribution in [0.3, 0.4) is 0 Å². The van der Waals surface area contributed by atoms with Crippen molar-refractivity contribution >= 4 is 0 Å². The second kappa shape index (κ2) is 15.0. The minimum atomic E-state index is -1.55. The largest absolute Gasteiger partial charge is 0.394 e. The minimum absolute atomic E-state index is 0.259. The van der Waals surface area contributed by atoms with Crippen LogP contribution in [0.4, 0.5) is 0 Å². The fraction of sp³-hybridized carbons (Fsp3) is 1.00. The van der Waals surface area contributed by atoms with E-state index in [4.69, 9.17) is 5.11 Å². The van der Waals surface area contributed by atoms with E-state index in [0.29, 0.717) is 0 Å². The fourth-order valence-electron chi connectivity index (χ4n) is 2.75. The summed E-state index contributed by atoms with van der Waals surface area (Å²) >= 11 is 0. The summed E-state index contributed by atoms with van der Waals surface area (Å²) in [6.07, 6.45) is 3.49. The minimum Gasteiger partial charge on any atom is -0.394 e. The molecule has 0 radical (unpaired) electrons. The summed E-state index contributed by atoms with van der Waals surface area (Å²) in [5.74, 6) is 0. The van der Waals surface area contributed by atoms with E-state index in [9.17, 15) is 20.4 Å². The van der Waals surface area contributed by atoms with Crippen molar-refractivity contribution in [3.63, 3.8) is 0 Å². The van der Waals surface area contributed by atoms with Gasteiger partial charge in [0.2, 0.25) is 0 Å². The van der Waals surface area contributed by atoms with Crippen molar-refractivity contribution in [2.75, 3.05) is 26.2 Å². The number of unbranched alkanes of at least 4 members (excludes halogenated alkanes) is 6. The van der Waals surface area contributed by atoms with Crippen molar-refractivity contribution in [3.8, 4) is 0 Å². The number of hydrogen-bond acceptors (Lipinski definition) is 6. The third-order valence-corrected chi connectivity index (χ3v) is 4.43. The van der Waals surface area contributed by atoms with Crippen LogP contribution in [0.25, 0.3) is 0 Å². The maximum absolute atomic E-state index is 10.2. The Labute approximate surface area is 147 Å². The van der Waals surface area contributed by atoms with E-state index in [2.05, 4.69) is 18.7 Å². The van der Waals surface area contributed by atoms with Gasteiger partial charge in [-0.3, -0.25) is 0 Å². The molecule has 0 bridgehead atoms. The van der Waals surface area contributed by atoms with Crippen LogP contribution in [0.15, 0.2) is 0 Å². The van der Waals surface area contributed by atoms with Gasteiger partial charge in [-0.05, 0) is 25.9 Å². The lowest BCUT2D eigenvalue weighted by molar-refractivity contribution is -0.119. The summed E-state index contributed by atoms with van der Waals surface area (Å²) in [7, 11) is 0. The summed E-state index contributed by atoms with van der Waals surface area (Å²) < 4.78 is 0. The van der Waals surface area contributed by atoms with E-state index in [0.717, 1.165) is 38.8 Å². The van der Waals surface area contributed by atoms with E-state index >= 15 is 0 Å². The summed E-state index contributed by atoms with van der Waals surface area (Å²) in [6, 6.07) is 0. The van der Waals surface area contributed by atoms with Gasteiger partial charge in [0.1, 0.15) is 18.3 Å². The summed E-state index contributed by atoms with van der Waals surface area (Å²) in [6.45, 7) is 5.65. The number of aliphatic hydroxyl groups is 5. The monoisotopic (exact) mass is 349 g/mol. The van der Waals surface area contributed by atoms with Gasteiger partial charge in [0.25, 0.3) is 0 Å². The van der Waals surface area contributed by atoms with E-state index in [1.807, 2.05) is 0 Å². The molecule has 5 N–H and O–H groups in total. The van der Waals surface area contributed by atoms with E-state index in [1.165, 1.54) is 25.7 Å². The molecule has 6 nitrogen and oxygen atoms in total. The van der Waals surface area contributed by atoms with Crippen LogP contribution in [0, 0.1) is 0 Å². The maximum atomic E-state index is 10.2. The highest BCUT2D eigenvalue weighted by molar-refractivity contribution is 4.82. The van der Waals surface area contributed by atoms with E-state index < -0.39 is 31.0 Å². The van der Waals surface area contributed by atoms with Crippen LogP contribution < -0.4 is 0 Å². The molecule has 0 aromatic rings. The Balaban J connectivity index is 4.41. The van der Waals surface area contributed by atoms with Crippen molar-refractivity contribution < 1.29 is 25.5 Å². The Morgan fingerprint density at radius 2 is 1.12 bits per heavy atom. The molecule has 0 aliphatic rings. The molecule has 146 valence electrons. The van der Waals surface area contributed by atoms with Gasteiger partial charge >= 0.3 is 0 Å². The van der Waals surface area contributed by atoms with Gasteiger partial charge in [-0.2, -0.15) is 0 Å². The van der Waals surface area contributed by atoms with E-state index in [1.54, 1.807) is 0 Å². The first kappa shape index (κ1) is 23.8. The van der Waals surface area contributed by atoms with Crippen molar-refractivity contribution in [1.82, 2.24) is 4.90 Å². The van der Waals surface area contributed by atoms with E-state index in [-0.39, 0.29) is 6.54 Å². The topological polar surface area (TPSA) is 104 Å². The molecular weight excluding hydrogens is 310 g/mol. The molecule has 0 aliphatic carbocycles. The van der Waals surface area contributed by atoms with Gasteiger partial charge in [0, 0.05) is 6.54 Å². The van der Waals surface area contributed by atoms with Crippen LogP contribution >= 0.6 is 0 Å². The maximum Gasteiger partial charge on any atom is 0.111 e. The normalized spacial score (nSPS) is 17.0. The predicted octanol–water partition coefficient (Wildman–Crippen LogP) is 0.885. The number of rotatable bonds is 16. The van der Waals surface area contributed by atoms with Crippen molar-refractivity contribution in [1.29, 1.82) is 0 Å². The molecule has 0 aromatic heterocycles. The first-order chi connectivity index (χ1) is 11.5. The zero-order chi connectivity index (χ0) is 18.4. The molecule has 0 rings (SSSR count). The lowest BCUT2D eigenvalue weighted by Crippen LogP contribution is -2.50. The first-order valence-electron chi connectivity index (χ1n) is 9.53. The summed E-state index contributed by atoms with van der Waals surface area (Å²) in [5.41, 5.74) is 0. The van der Waals surface area contributed by atoms with Crippen LogP contribution in [-0.4, -0.2) is 81.1 Å². The Hall–Kier alpha value is -0.240. The van der Waals surface area contributed by atoms with Crippen molar-refractivity contribution in [2.24, 2.45) is 0 Å². The quantitative estimate of drug-likeness (QED) is 0.265. The molecule has 0 amide bonds. The lowest BCUT2D eigenvalue weighted by atomic mass is 10.0. The predicted molar refractivity (Wildman–Crippen MR) is 95.8 cm³/mol. The number of nitrogens with zero attached hydrogens (tertiary/aromatic N) is 1. The fourth-order valence-corrected chi connectivity index (χ4v) is 2.75. The molecule has 0 saturated carbocycles. The van der Waals surface area contributed by atoms with Gasteiger partial charge in [-0.25, -0.2) is 0 Å². The second-order valence-corrected chi connectivity index (χ2v) is 6.72. The third-order valence-electron chi connectivity index (χ3n) is 4.43. The average Bonchev–Trinajstić information content (AvgIpc) is 2.59. The van der Waals surface area contributed by atoms with Gasteiger partial charge in [0.05, 0.1) is 12.7 Å². The van der Waals surface area contributed by atoms with Crippen LogP contribution in [0.2, 0.25) is 0 Å². The van der Waals surface area contributed by atoms with Crippen LogP contribution in [0.1, 0.15) is 65.2 Å². The Bertz CT molecular complexity index is 268. The zero-order valence-corrected chi connectivity index (χ0v) is 15.5. The van der Waals surface area contributed by atoms with Gasteiger partial charge in [-0.15, -0.1) is 0 Å². The van der Waals surface area contributed by atoms with Gasteiger partial charge in [0.15, 0.2) is 0 Å². The molecule has 0 saturated heterocycles. The SMILES string of the molecule is CCCCCCN(CCCCCC)CC(O)C(O)C(O)C(O)CO. The molecule has 4 atom stereocenters. The lowest BCUT2D eigenvalue weighted by Gasteiger charge is -2.30. The van der Waals surface area contributed by atoms with Crippen molar-refractivity contribution in [3.05, 3.63) is 0 Å². The standard InChI is InChI=1S/C18H39NO5/c1-3-5-7-9-11-19(12-10-8-6-4-2)13-15(21)17(23)18(24)16(22)14-20/h15-18,20-24H,3-14H2,1-2H3. The summed E-state index contributed by atoms with van der Waals surface area (Å²) in [4.78, 5) is 2.12. The smallest absolute Gasteiger partial charge is 0.111 e. The molecule has 0 heterocycles. The van der Waals surface area contributed by atoms with Gasteiger partial charge < -0.3 is 30.4 Å². The number of aliphatic hydroxyl groups excluding tert-OH is 5. The third kappa shape index (κ3) is 10.6. The first-order valence-corrected chi connectivity index (χ1v) is 9.53. The van der Waals surface area contributed by atoms with Crippen molar-refractivity contribution in [2.45, 2.75) is 89.6 Å². The Morgan fingerprint density at radius 3 is 1.54 bits per heavy atom. The summed E-state index contributed by atoms with van der Waals surface area (Å²) in [5, 5.41) is 48.1. The molecule has 0 aliphatic heterocycles. The average molecular weight is 350 g/mol. The molecule has 0 fully saturated rings. The molecule has 0 aromatic carbocycles. The zero-order valence-electron chi connectivity index (χ0n) is 15.5. The highest BCUT2D eigenvalue weighted by Crippen LogP contribution is 2.10. The molecule has 4 unspecified atom stereocenters. The molecular formula is C18H39NO5. The Morgan fingerprint density at radius 1 is 0.667 bits per heavy atom. The molecule has 6 heteroatoms. The number of hydrogen-bond donors (Lipinski definition) is 5. The highest BCUT2D eigenvalue weighted by Gasteiger charge is 2.30. The molecule has 24 heavy (non-hydrogen) atoms.